The summed E-state index contributed by atoms with van der Waals surface area (Å²) in [4.78, 5) is 12.6. The van der Waals surface area contributed by atoms with Crippen molar-refractivity contribution >= 4 is 17.4 Å². The van der Waals surface area contributed by atoms with Crippen LogP contribution in [-0.2, 0) is 5.41 Å². The van der Waals surface area contributed by atoms with Crippen LogP contribution < -0.4 is 5.32 Å². The van der Waals surface area contributed by atoms with Crippen molar-refractivity contribution in [3.8, 4) is 6.07 Å². The van der Waals surface area contributed by atoms with E-state index >= 15 is 0 Å². The molecule has 0 fully saturated rings. The fourth-order valence-corrected chi connectivity index (χ4v) is 2.16. The summed E-state index contributed by atoms with van der Waals surface area (Å²) in [7, 11) is 0. The van der Waals surface area contributed by atoms with Crippen LogP contribution in [0.1, 0.15) is 50.0 Å². The van der Waals surface area contributed by atoms with E-state index in [-0.39, 0.29) is 17.2 Å². The Kier molecular flexibility index (Phi) is 4.41. The van der Waals surface area contributed by atoms with Gasteiger partial charge in [-0.2, -0.15) is 5.26 Å². The number of carbonyl (C=O) groups excluding carboxylic acids is 1. The van der Waals surface area contributed by atoms with Gasteiger partial charge >= 0.3 is 0 Å². The first-order chi connectivity index (χ1) is 8.27. The summed E-state index contributed by atoms with van der Waals surface area (Å²) in [5.74, 6) is -0.201. The van der Waals surface area contributed by atoms with Gasteiger partial charge in [-0.15, -0.1) is 5.10 Å². The van der Waals surface area contributed by atoms with Gasteiger partial charge in [0.05, 0.1) is 11.8 Å². The summed E-state index contributed by atoms with van der Waals surface area (Å²) in [6.45, 7) is 9.72. The minimum atomic E-state index is -0.493. The molecule has 0 aliphatic carbocycles. The molecule has 1 aromatic heterocycles. The third kappa shape index (κ3) is 3.26. The van der Waals surface area contributed by atoms with E-state index in [0.717, 1.165) is 11.5 Å². The number of hydrogen-bond acceptors (Lipinski definition) is 5. The molecule has 1 N–H and O–H groups in total. The van der Waals surface area contributed by atoms with E-state index in [1.165, 1.54) is 0 Å². The molecule has 1 unspecified atom stereocenters. The van der Waals surface area contributed by atoms with Crippen LogP contribution >= 0.6 is 11.5 Å². The monoisotopic (exact) mass is 266 g/mol. The van der Waals surface area contributed by atoms with Crippen LogP contribution in [-0.4, -0.2) is 21.5 Å². The standard InChI is InChI=1S/C12H18N4OS/c1-7(2)8(6-13)14-11(17)9-10(12(3,4)5)15-16-18-9/h7-8H,1-5H3,(H,14,17). The summed E-state index contributed by atoms with van der Waals surface area (Å²) in [6.07, 6.45) is 0. The van der Waals surface area contributed by atoms with Gasteiger partial charge in [-0.05, 0) is 17.5 Å². The Balaban J connectivity index is 2.93. The lowest BCUT2D eigenvalue weighted by Crippen LogP contribution is -2.38. The van der Waals surface area contributed by atoms with Crippen molar-refractivity contribution in [3.05, 3.63) is 10.6 Å². The van der Waals surface area contributed by atoms with E-state index in [0.29, 0.717) is 10.6 Å². The molecular formula is C12H18N4OS. The summed E-state index contributed by atoms with van der Waals surface area (Å²) >= 11 is 1.07. The van der Waals surface area contributed by atoms with Crippen LogP contribution in [0.15, 0.2) is 0 Å². The third-order valence-electron chi connectivity index (χ3n) is 2.50. The normalized spacial score (nSPS) is 13.2. The number of rotatable bonds is 3. The molecule has 6 heteroatoms. The van der Waals surface area contributed by atoms with Gasteiger partial charge in [-0.1, -0.05) is 39.1 Å². The summed E-state index contributed by atoms with van der Waals surface area (Å²) in [6, 6.07) is 1.59. The molecule has 1 amide bonds. The zero-order valence-electron chi connectivity index (χ0n) is 11.3. The van der Waals surface area contributed by atoms with Crippen LogP contribution in [0, 0.1) is 17.2 Å². The number of amides is 1. The SMILES string of the molecule is CC(C)C(C#N)NC(=O)c1snnc1C(C)(C)C. The third-order valence-corrected chi connectivity index (χ3v) is 3.22. The van der Waals surface area contributed by atoms with E-state index < -0.39 is 6.04 Å². The molecule has 1 heterocycles. The Labute approximate surface area is 111 Å². The number of nitriles is 1. The van der Waals surface area contributed by atoms with Crippen LogP contribution in [0.25, 0.3) is 0 Å². The first-order valence-corrected chi connectivity index (χ1v) is 6.58. The van der Waals surface area contributed by atoms with Crippen molar-refractivity contribution in [3.63, 3.8) is 0 Å². The Bertz CT molecular complexity index is 467. The molecule has 1 aromatic rings. The Hall–Kier alpha value is -1.48. The molecule has 0 aliphatic rings. The average molecular weight is 266 g/mol. The Morgan fingerprint density at radius 3 is 2.50 bits per heavy atom. The van der Waals surface area contributed by atoms with Gasteiger partial charge in [0.25, 0.3) is 5.91 Å². The molecule has 0 spiro atoms. The Morgan fingerprint density at radius 2 is 2.06 bits per heavy atom. The summed E-state index contributed by atoms with van der Waals surface area (Å²) in [5.41, 5.74) is 0.435. The maximum atomic E-state index is 12.1. The lowest BCUT2D eigenvalue weighted by Gasteiger charge is -2.18. The lowest BCUT2D eigenvalue weighted by atomic mass is 9.91. The fourth-order valence-electron chi connectivity index (χ4n) is 1.39. The number of carbonyl (C=O) groups is 1. The van der Waals surface area contributed by atoms with Gasteiger partial charge in [0.1, 0.15) is 10.9 Å². The maximum Gasteiger partial charge on any atom is 0.266 e. The zero-order valence-corrected chi connectivity index (χ0v) is 12.1. The smallest absolute Gasteiger partial charge is 0.266 e. The maximum absolute atomic E-state index is 12.1. The van der Waals surface area contributed by atoms with E-state index in [1.807, 2.05) is 34.6 Å². The molecule has 0 aliphatic heterocycles. The predicted molar refractivity (Wildman–Crippen MR) is 70.3 cm³/mol. The quantitative estimate of drug-likeness (QED) is 0.908. The molecule has 0 aromatic carbocycles. The lowest BCUT2D eigenvalue weighted by molar-refractivity contribution is 0.0939. The molecule has 5 nitrogen and oxygen atoms in total. The molecule has 98 valence electrons. The Morgan fingerprint density at radius 1 is 1.44 bits per heavy atom. The molecular weight excluding hydrogens is 248 g/mol. The second kappa shape index (κ2) is 5.44. The minimum absolute atomic E-state index is 0.0675. The molecule has 0 radical (unpaired) electrons. The molecule has 0 saturated heterocycles. The molecule has 1 rings (SSSR count). The van der Waals surface area contributed by atoms with Crippen molar-refractivity contribution in [2.75, 3.05) is 0 Å². The van der Waals surface area contributed by atoms with Crippen molar-refractivity contribution in [2.45, 2.75) is 46.1 Å². The molecule has 0 bridgehead atoms. The average Bonchev–Trinajstić information content (AvgIpc) is 2.73. The molecule has 1 atom stereocenters. The number of hydrogen-bond donors (Lipinski definition) is 1. The highest BCUT2D eigenvalue weighted by molar-refractivity contribution is 7.08. The zero-order chi connectivity index (χ0) is 13.9. The van der Waals surface area contributed by atoms with Crippen molar-refractivity contribution in [1.82, 2.24) is 14.9 Å². The first-order valence-electron chi connectivity index (χ1n) is 5.80. The van der Waals surface area contributed by atoms with Crippen molar-refractivity contribution in [2.24, 2.45) is 5.92 Å². The second-order valence-electron chi connectivity index (χ2n) is 5.52. The topological polar surface area (TPSA) is 78.7 Å². The van der Waals surface area contributed by atoms with E-state index in [2.05, 4.69) is 21.0 Å². The summed E-state index contributed by atoms with van der Waals surface area (Å²) in [5, 5.41) is 15.7. The van der Waals surface area contributed by atoms with Gasteiger partial charge in [0.2, 0.25) is 0 Å². The van der Waals surface area contributed by atoms with Crippen molar-refractivity contribution in [1.29, 1.82) is 5.26 Å². The fraction of sp³-hybridized carbons (Fsp3) is 0.667. The van der Waals surface area contributed by atoms with Crippen LogP contribution in [0.4, 0.5) is 0 Å². The number of aromatic nitrogens is 2. The van der Waals surface area contributed by atoms with Gasteiger partial charge in [-0.3, -0.25) is 4.79 Å². The predicted octanol–water partition coefficient (Wildman–Crippen LogP) is 2.11. The van der Waals surface area contributed by atoms with Gasteiger partial charge in [0.15, 0.2) is 0 Å². The van der Waals surface area contributed by atoms with Crippen molar-refractivity contribution < 1.29 is 4.79 Å². The number of nitrogens with zero attached hydrogens (tertiary/aromatic N) is 3. The summed E-state index contributed by atoms with van der Waals surface area (Å²) < 4.78 is 3.84. The van der Waals surface area contributed by atoms with Crippen LogP contribution in [0.3, 0.4) is 0 Å². The highest BCUT2D eigenvalue weighted by atomic mass is 32.1. The molecule has 18 heavy (non-hydrogen) atoms. The van der Waals surface area contributed by atoms with Gasteiger partial charge in [-0.25, -0.2) is 0 Å². The van der Waals surface area contributed by atoms with E-state index in [9.17, 15) is 4.79 Å². The molecule has 0 saturated carbocycles. The largest absolute Gasteiger partial charge is 0.335 e. The highest BCUT2D eigenvalue weighted by Crippen LogP contribution is 2.25. The van der Waals surface area contributed by atoms with E-state index in [1.54, 1.807) is 0 Å². The second-order valence-corrected chi connectivity index (χ2v) is 6.28. The highest BCUT2D eigenvalue weighted by Gasteiger charge is 2.27. The van der Waals surface area contributed by atoms with E-state index in [4.69, 9.17) is 5.26 Å². The number of nitrogens with one attached hydrogen (secondary N) is 1. The van der Waals surface area contributed by atoms with Gasteiger partial charge < -0.3 is 5.32 Å². The van der Waals surface area contributed by atoms with Crippen LogP contribution in [0.2, 0.25) is 0 Å². The minimum Gasteiger partial charge on any atom is -0.335 e. The van der Waals surface area contributed by atoms with Gasteiger partial charge in [0, 0.05) is 5.41 Å². The van der Waals surface area contributed by atoms with Crippen LogP contribution in [0.5, 0.6) is 0 Å². The first kappa shape index (κ1) is 14.6.